The average molecular weight is 413 g/mol. The van der Waals surface area contributed by atoms with E-state index in [4.69, 9.17) is 14.2 Å². The highest BCUT2D eigenvalue weighted by molar-refractivity contribution is 5.79. The van der Waals surface area contributed by atoms with Gasteiger partial charge in [-0.3, -0.25) is 4.79 Å². The molecular weight excluding hydrogens is 386 g/mol. The van der Waals surface area contributed by atoms with E-state index in [9.17, 15) is 9.59 Å². The number of carbonyl (C=O) groups is 2. The monoisotopic (exact) mass is 413 g/mol. The maximum Gasteiger partial charge on any atom is 0.407 e. The van der Waals surface area contributed by atoms with Crippen LogP contribution in [-0.2, 0) is 23.7 Å². The first-order chi connectivity index (χ1) is 14.7. The van der Waals surface area contributed by atoms with Gasteiger partial charge in [0.15, 0.2) is 0 Å². The molecule has 2 aromatic rings. The number of hydrogen-bond donors (Lipinski definition) is 1. The predicted octanol–water partition coefficient (Wildman–Crippen LogP) is 3.12. The van der Waals surface area contributed by atoms with Crippen LogP contribution in [0.1, 0.15) is 23.5 Å². The summed E-state index contributed by atoms with van der Waals surface area (Å²) < 4.78 is 20.6. The van der Waals surface area contributed by atoms with E-state index >= 15 is 0 Å². The predicted molar refractivity (Wildman–Crippen MR) is 111 cm³/mol. The Morgan fingerprint density at radius 2 is 1.47 bits per heavy atom. The molecule has 0 aliphatic heterocycles. The van der Waals surface area contributed by atoms with Crippen LogP contribution in [0.15, 0.2) is 48.5 Å². The number of benzene rings is 2. The number of rotatable bonds is 11. The molecule has 7 heteroatoms. The van der Waals surface area contributed by atoms with Crippen LogP contribution in [0.2, 0.25) is 0 Å². The van der Waals surface area contributed by atoms with Gasteiger partial charge in [0.1, 0.15) is 6.61 Å². The van der Waals surface area contributed by atoms with E-state index in [0.29, 0.717) is 33.0 Å². The van der Waals surface area contributed by atoms with Crippen molar-refractivity contribution in [2.75, 3.05) is 46.7 Å². The van der Waals surface area contributed by atoms with E-state index in [-0.39, 0.29) is 24.9 Å². The highest BCUT2D eigenvalue weighted by Crippen LogP contribution is 2.44. The number of methoxy groups -OCH3 is 1. The molecule has 0 atom stereocenters. The summed E-state index contributed by atoms with van der Waals surface area (Å²) in [7, 11) is 1.34. The molecule has 0 unspecified atom stereocenters. The molecule has 0 fully saturated rings. The zero-order valence-corrected chi connectivity index (χ0v) is 17.1. The van der Waals surface area contributed by atoms with Gasteiger partial charge in [0.2, 0.25) is 0 Å². The molecule has 0 saturated heterocycles. The smallest absolute Gasteiger partial charge is 0.407 e. The minimum absolute atomic E-state index is 0.0431. The Hall–Kier alpha value is -2.90. The summed E-state index contributed by atoms with van der Waals surface area (Å²) in [4.78, 5) is 23.0. The fourth-order valence-corrected chi connectivity index (χ4v) is 3.45. The van der Waals surface area contributed by atoms with Gasteiger partial charge >= 0.3 is 12.1 Å². The van der Waals surface area contributed by atoms with Crippen molar-refractivity contribution in [3.63, 3.8) is 0 Å². The number of ether oxygens (including phenoxy) is 4. The summed E-state index contributed by atoms with van der Waals surface area (Å²) >= 11 is 0. The standard InChI is InChI=1S/C23H27NO6/c1-27-22(25)10-12-28-14-15-29-13-11-24-23(26)30-16-21-19-8-4-2-6-17(19)18-7-3-5-9-20(18)21/h2-9,21H,10-16H2,1H3,(H,24,26). The van der Waals surface area contributed by atoms with Crippen molar-refractivity contribution >= 4 is 12.1 Å². The second-order valence-electron chi connectivity index (χ2n) is 6.80. The minimum Gasteiger partial charge on any atom is -0.469 e. The molecule has 0 heterocycles. The maximum absolute atomic E-state index is 12.0. The van der Waals surface area contributed by atoms with Gasteiger partial charge in [0.25, 0.3) is 0 Å². The molecule has 2 aromatic carbocycles. The maximum atomic E-state index is 12.0. The highest BCUT2D eigenvalue weighted by atomic mass is 16.6. The van der Waals surface area contributed by atoms with E-state index in [0.717, 1.165) is 0 Å². The Bertz CT molecular complexity index is 808. The topological polar surface area (TPSA) is 83.1 Å². The van der Waals surface area contributed by atoms with Crippen LogP contribution in [0.25, 0.3) is 11.1 Å². The summed E-state index contributed by atoms with van der Waals surface area (Å²) in [5, 5.41) is 2.69. The molecular formula is C23H27NO6. The average Bonchev–Trinajstić information content (AvgIpc) is 3.10. The Kier molecular flexibility index (Phi) is 8.23. The summed E-state index contributed by atoms with van der Waals surface area (Å²) in [5.41, 5.74) is 4.76. The zero-order valence-electron chi connectivity index (χ0n) is 17.1. The van der Waals surface area contributed by atoms with Crippen molar-refractivity contribution < 1.29 is 28.5 Å². The molecule has 0 radical (unpaired) electrons. The summed E-state index contributed by atoms with van der Waals surface area (Å²) in [6, 6.07) is 16.4. The SMILES string of the molecule is COC(=O)CCOCCOCCNC(=O)OCC1c2ccccc2-c2ccccc21. The Balaban J connectivity index is 1.32. The van der Waals surface area contributed by atoms with Gasteiger partial charge in [-0.15, -0.1) is 0 Å². The lowest BCUT2D eigenvalue weighted by atomic mass is 9.98. The van der Waals surface area contributed by atoms with Crippen LogP contribution >= 0.6 is 0 Å². The highest BCUT2D eigenvalue weighted by Gasteiger charge is 2.28. The largest absolute Gasteiger partial charge is 0.469 e. The lowest BCUT2D eigenvalue weighted by Gasteiger charge is -2.14. The van der Waals surface area contributed by atoms with Gasteiger partial charge < -0.3 is 24.3 Å². The molecule has 3 rings (SSSR count). The number of carbonyl (C=O) groups excluding carboxylic acids is 2. The third-order valence-electron chi connectivity index (χ3n) is 4.91. The molecule has 0 aromatic heterocycles. The van der Waals surface area contributed by atoms with Crippen molar-refractivity contribution in [1.82, 2.24) is 5.32 Å². The number of nitrogens with one attached hydrogen (secondary N) is 1. The van der Waals surface area contributed by atoms with Gasteiger partial charge in [0, 0.05) is 12.5 Å². The first-order valence-electron chi connectivity index (χ1n) is 10.0. The van der Waals surface area contributed by atoms with Crippen LogP contribution in [0.4, 0.5) is 4.79 Å². The molecule has 0 spiro atoms. The van der Waals surface area contributed by atoms with Crippen LogP contribution in [0.3, 0.4) is 0 Å². The fourth-order valence-electron chi connectivity index (χ4n) is 3.45. The third-order valence-corrected chi connectivity index (χ3v) is 4.91. The van der Waals surface area contributed by atoms with Crippen molar-refractivity contribution in [2.24, 2.45) is 0 Å². The van der Waals surface area contributed by atoms with Crippen molar-refractivity contribution in [1.29, 1.82) is 0 Å². The molecule has 0 saturated carbocycles. The minimum atomic E-state index is -0.463. The lowest BCUT2D eigenvalue weighted by Crippen LogP contribution is -2.29. The van der Waals surface area contributed by atoms with E-state index in [2.05, 4.69) is 34.3 Å². The zero-order chi connectivity index (χ0) is 21.2. The molecule has 160 valence electrons. The Labute approximate surface area is 176 Å². The van der Waals surface area contributed by atoms with Gasteiger partial charge in [-0.1, -0.05) is 48.5 Å². The van der Waals surface area contributed by atoms with Crippen molar-refractivity contribution in [2.45, 2.75) is 12.3 Å². The number of fused-ring (bicyclic) bond motifs is 3. The normalized spacial score (nSPS) is 12.2. The molecule has 30 heavy (non-hydrogen) atoms. The second-order valence-corrected chi connectivity index (χ2v) is 6.80. The first-order valence-corrected chi connectivity index (χ1v) is 10.0. The summed E-state index contributed by atoms with van der Waals surface area (Å²) in [5.74, 6) is -0.259. The number of alkyl carbamates (subject to hydrolysis) is 1. The van der Waals surface area contributed by atoms with Gasteiger partial charge in [-0.2, -0.15) is 0 Å². The van der Waals surface area contributed by atoms with Crippen LogP contribution < -0.4 is 5.32 Å². The Morgan fingerprint density at radius 3 is 2.10 bits per heavy atom. The molecule has 1 aliphatic carbocycles. The van der Waals surface area contributed by atoms with Crippen LogP contribution in [0, 0.1) is 0 Å². The quantitative estimate of drug-likeness (QED) is 0.450. The van der Waals surface area contributed by atoms with Gasteiger partial charge in [0.05, 0.1) is 40.0 Å². The molecule has 7 nitrogen and oxygen atoms in total. The molecule has 1 N–H and O–H groups in total. The number of esters is 1. The summed E-state index contributed by atoms with van der Waals surface area (Å²) in [6.45, 7) is 2.04. The number of amides is 1. The van der Waals surface area contributed by atoms with E-state index < -0.39 is 6.09 Å². The van der Waals surface area contributed by atoms with Gasteiger partial charge in [-0.05, 0) is 22.3 Å². The van der Waals surface area contributed by atoms with Crippen molar-refractivity contribution in [3.8, 4) is 11.1 Å². The number of hydrogen-bond acceptors (Lipinski definition) is 6. The van der Waals surface area contributed by atoms with Crippen molar-refractivity contribution in [3.05, 3.63) is 59.7 Å². The van der Waals surface area contributed by atoms with Gasteiger partial charge in [-0.25, -0.2) is 4.79 Å². The third kappa shape index (κ3) is 5.81. The molecule has 1 aliphatic rings. The fraction of sp³-hybridized carbons (Fsp3) is 0.391. The molecule has 0 bridgehead atoms. The van der Waals surface area contributed by atoms with Crippen LogP contribution in [0.5, 0.6) is 0 Å². The first kappa shape index (κ1) is 21.8. The summed E-state index contributed by atoms with van der Waals surface area (Å²) in [6.07, 6.45) is -0.241. The second kappa shape index (κ2) is 11.3. The Morgan fingerprint density at radius 1 is 0.867 bits per heavy atom. The molecule has 1 amide bonds. The van der Waals surface area contributed by atoms with E-state index in [1.54, 1.807) is 0 Å². The van der Waals surface area contributed by atoms with Crippen LogP contribution in [-0.4, -0.2) is 58.8 Å². The lowest BCUT2D eigenvalue weighted by molar-refractivity contribution is -0.141. The van der Waals surface area contributed by atoms with E-state index in [1.165, 1.54) is 29.4 Å². The van der Waals surface area contributed by atoms with E-state index in [1.807, 2.05) is 24.3 Å².